The first kappa shape index (κ1) is 44.3. The maximum atomic E-state index is 7.49. The predicted octanol–water partition coefficient (Wildman–Crippen LogP) is 16.9. The second-order valence-corrected chi connectivity index (χ2v) is 19.5. The quantitative estimate of drug-likeness (QED) is 0.120. The largest absolute Gasteiger partial charge is 0.457 e. The predicted molar refractivity (Wildman–Crippen MR) is 275 cm³/mol. The number of rotatable bonds is 12. The summed E-state index contributed by atoms with van der Waals surface area (Å²) < 4.78 is 9.81. The molecule has 0 amide bonds. The van der Waals surface area contributed by atoms with Gasteiger partial charge in [-0.05, 0) is 122 Å². The van der Waals surface area contributed by atoms with E-state index in [4.69, 9.17) is 21.2 Å². The van der Waals surface area contributed by atoms with Crippen LogP contribution >= 0.6 is 0 Å². The molecule has 0 saturated carbocycles. The van der Waals surface area contributed by atoms with E-state index in [0.717, 1.165) is 56.0 Å². The number of anilines is 2. The molecular weight excluding hydrogens is 781 g/mol. The lowest BCUT2D eigenvalue weighted by molar-refractivity contribution is 0.464. The summed E-state index contributed by atoms with van der Waals surface area (Å²) in [6.45, 7) is 27.5. The van der Waals surface area contributed by atoms with E-state index in [-0.39, 0.29) is 17.8 Å². The fraction of sp³-hybridized carbons (Fsp3) is 0.305. The highest BCUT2D eigenvalue weighted by Crippen LogP contribution is 2.54. The minimum atomic E-state index is 0.0915. The maximum Gasteiger partial charge on any atom is 0.138 e. The summed E-state index contributed by atoms with van der Waals surface area (Å²) in [6, 6.07) is 41.3. The standard InChI is InChI=1S/C59H66N4O/c1-33(2)41-29-46(34(3)4)55(47(30-41)35(5)6)40-27-28-62-51(31-40)63-49-24-17-16-21-43(49)44-26-25-42(32-50(44)63)64-59-53(37(9)10)56(39-19-14-13-15-20-39)52(36(7)8)57(54(59)38(11)12)45-22-18-23-48(60)58(45)61/h13-38H,60-61H2,1-12H3. The smallest absolute Gasteiger partial charge is 0.138 e. The van der Waals surface area contributed by atoms with Gasteiger partial charge in [-0.25, -0.2) is 4.98 Å². The van der Waals surface area contributed by atoms with Gasteiger partial charge in [0.1, 0.15) is 17.3 Å². The molecule has 64 heavy (non-hydrogen) atoms. The maximum absolute atomic E-state index is 7.49. The number of para-hydroxylation sites is 2. The summed E-state index contributed by atoms with van der Waals surface area (Å²) >= 11 is 0. The Kier molecular flexibility index (Phi) is 12.2. The van der Waals surface area contributed by atoms with Crippen molar-refractivity contribution in [2.75, 3.05) is 11.5 Å². The van der Waals surface area contributed by atoms with E-state index in [1.165, 1.54) is 49.9 Å². The molecule has 6 aromatic carbocycles. The van der Waals surface area contributed by atoms with Crippen LogP contribution in [0.1, 0.15) is 152 Å². The zero-order valence-electron chi connectivity index (χ0n) is 40.0. The number of hydrogen-bond donors (Lipinski definition) is 2. The number of nitrogen functional groups attached to an aromatic ring is 2. The van der Waals surface area contributed by atoms with Crippen molar-refractivity contribution < 1.29 is 4.74 Å². The molecule has 0 aliphatic rings. The van der Waals surface area contributed by atoms with E-state index >= 15 is 0 Å². The zero-order valence-corrected chi connectivity index (χ0v) is 40.0. The van der Waals surface area contributed by atoms with Gasteiger partial charge in [0.2, 0.25) is 0 Å². The van der Waals surface area contributed by atoms with Gasteiger partial charge in [0.05, 0.1) is 22.4 Å². The van der Waals surface area contributed by atoms with Gasteiger partial charge in [-0.2, -0.15) is 0 Å². The van der Waals surface area contributed by atoms with Crippen LogP contribution in [0.3, 0.4) is 0 Å². The summed E-state index contributed by atoms with van der Waals surface area (Å²) in [7, 11) is 0. The van der Waals surface area contributed by atoms with E-state index in [1.807, 2.05) is 18.3 Å². The topological polar surface area (TPSA) is 79.1 Å². The van der Waals surface area contributed by atoms with Crippen LogP contribution in [0.25, 0.3) is 61.0 Å². The monoisotopic (exact) mass is 847 g/mol. The van der Waals surface area contributed by atoms with Crippen LogP contribution < -0.4 is 16.2 Å². The van der Waals surface area contributed by atoms with Crippen molar-refractivity contribution in [2.24, 2.45) is 0 Å². The molecule has 0 bridgehead atoms. The summed E-state index contributed by atoms with van der Waals surface area (Å²) in [4.78, 5) is 5.12. The Balaban J connectivity index is 1.40. The van der Waals surface area contributed by atoms with Gasteiger partial charge >= 0.3 is 0 Å². The van der Waals surface area contributed by atoms with Gasteiger partial charge in [0, 0.05) is 39.7 Å². The van der Waals surface area contributed by atoms with Crippen molar-refractivity contribution in [1.29, 1.82) is 0 Å². The Labute approximate surface area is 381 Å². The van der Waals surface area contributed by atoms with Crippen LogP contribution in [-0.4, -0.2) is 9.55 Å². The second kappa shape index (κ2) is 17.7. The Bertz CT molecular complexity index is 2970. The van der Waals surface area contributed by atoms with Gasteiger partial charge < -0.3 is 16.2 Å². The SMILES string of the molecule is CC(C)c1cc(C(C)C)c(-c2ccnc(-n3c4ccccc4c4ccc(Oc5c(C(C)C)c(-c6ccccc6)c(C(C)C)c(-c6cccc(N)c6N)c5C(C)C)cc43)c2)c(C(C)C)c1. The van der Waals surface area contributed by atoms with Gasteiger partial charge in [-0.3, -0.25) is 4.57 Å². The van der Waals surface area contributed by atoms with Crippen LogP contribution in [0.2, 0.25) is 0 Å². The molecule has 0 atom stereocenters. The molecule has 8 aromatic rings. The number of nitrogens with two attached hydrogens (primary N) is 2. The zero-order chi connectivity index (χ0) is 45.7. The van der Waals surface area contributed by atoms with E-state index in [9.17, 15) is 0 Å². The molecule has 4 N–H and O–H groups in total. The molecule has 5 heteroatoms. The molecule has 5 nitrogen and oxygen atoms in total. The van der Waals surface area contributed by atoms with E-state index in [1.54, 1.807) is 0 Å². The Morgan fingerprint density at radius 3 is 1.72 bits per heavy atom. The highest BCUT2D eigenvalue weighted by Gasteiger charge is 2.32. The first-order valence-electron chi connectivity index (χ1n) is 23.4. The summed E-state index contributed by atoms with van der Waals surface area (Å²) in [5.41, 5.74) is 31.4. The van der Waals surface area contributed by atoms with E-state index in [0.29, 0.717) is 29.1 Å². The van der Waals surface area contributed by atoms with E-state index < -0.39 is 0 Å². The molecule has 0 radical (unpaired) electrons. The van der Waals surface area contributed by atoms with Gasteiger partial charge in [-0.1, -0.05) is 156 Å². The summed E-state index contributed by atoms with van der Waals surface area (Å²) in [5, 5.41) is 2.31. The van der Waals surface area contributed by atoms with Crippen molar-refractivity contribution in [1.82, 2.24) is 9.55 Å². The molecule has 0 aliphatic carbocycles. The first-order chi connectivity index (χ1) is 30.6. The van der Waals surface area contributed by atoms with Crippen LogP contribution in [0.5, 0.6) is 11.5 Å². The molecule has 2 heterocycles. The number of ether oxygens (including phenoxy) is 1. The lowest BCUT2D eigenvalue weighted by Gasteiger charge is -2.32. The van der Waals surface area contributed by atoms with Gasteiger partial charge in [0.15, 0.2) is 0 Å². The van der Waals surface area contributed by atoms with Crippen LogP contribution in [0.4, 0.5) is 11.4 Å². The number of hydrogen-bond acceptors (Lipinski definition) is 4. The van der Waals surface area contributed by atoms with Crippen molar-refractivity contribution in [3.8, 4) is 50.7 Å². The Hall–Kier alpha value is -6.33. The minimum Gasteiger partial charge on any atom is -0.457 e. The van der Waals surface area contributed by atoms with Gasteiger partial charge in [0.25, 0.3) is 0 Å². The van der Waals surface area contributed by atoms with Gasteiger partial charge in [-0.15, -0.1) is 0 Å². The lowest BCUT2D eigenvalue weighted by Crippen LogP contribution is -2.12. The summed E-state index contributed by atoms with van der Waals surface area (Å²) in [5.74, 6) is 4.06. The Morgan fingerprint density at radius 2 is 1.09 bits per heavy atom. The normalized spacial score (nSPS) is 12.1. The lowest BCUT2D eigenvalue weighted by atomic mass is 9.75. The number of nitrogens with zero attached hydrogens (tertiary/aromatic N) is 2. The number of benzene rings is 6. The average Bonchev–Trinajstić information content (AvgIpc) is 3.59. The van der Waals surface area contributed by atoms with Crippen molar-refractivity contribution >= 4 is 33.2 Å². The average molecular weight is 847 g/mol. The highest BCUT2D eigenvalue weighted by atomic mass is 16.5. The molecule has 0 aliphatic heterocycles. The fourth-order valence-electron chi connectivity index (χ4n) is 9.95. The molecule has 2 aromatic heterocycles. The third-order valence-electron chi connectivity index (χ3n) is 13.0. The number of fused-ring (bicyclic) bond motifs is 3. The number of aromatic nitrogens is 2. The molecule has 0 saturated heterocycles. The number of pyridine rings is 1. The van der Waals surface area contributed by atoms with Crippen molar-refractivity contribution in [2.45, 2.75) is 119 Å². The molecule has 328 valence electrons. The fourth-order valence-corrected chi connectivity index (χ4v) is 9.95. The third-order valence-corrected chi connectivity index (χ3v) is 13.0. The minimum absolute atomic E-state index is 0.0915. The molecular formula is C59H66N4O. The van der Waals surface area contributed by atoms with Crippen molar-refractivity contribution in [3.63, 3.8) is 0 Å². The summed E-state index contributed by atoms with van der Waals surface area (Å²) in [6.07, 6.45) is 1.98. The molecule has 0 unspecified atom stereocenters. The molecule has 8 rings (SSSR count). The van der Waals surface area contributed by atoms with Crippen LogP contribution in [0, 0.1) is 0 Å². The Morgan fingerprint density at radius 1 is 0.484 bits per heavy atom. The second-order valence-electron chi connectivity index (χ2n) is 19.5. The first-order valence-corrected chi connectivity index (χ1v) is 23.4. The van der Waals surface area contributed by atoms with E-state index in [2.05, 4.69) is 191 Å². The van der Waals surface area contributed by atoms with Crippen LogP contribution in [-0.2, 0) is 0 Å². The third kappa shape index (κ3) is 7.84. The molecule has 0 fully saturated rings. The molecule has 0 spiro atoms. The highest BCUT2D eigenvalue weighted by molar-refractivity contribution is 6.09. The van der Waals surface area contributed by atoms with Crippen LogP contribution in [0.15, 0.2) is 121 Å². The van der Waals surface area contributed by atoms with Crippen molar-refractivity contribution in [3.05, 3.63) is 155 Å².